The van der Waals surface area contributed by atoms with Crippen molar-refractivity contribution in [3.8, 4) is 5.75 Å². The Labute approximate surface area is 145 Å². The Morgan fingerprint density at radius 3 is 2.38 bits per heavy atom. The van der Waals surface area contributed by atoms with E-state index in [9.17, 15) is 8.42 Å². The van der Waals surface area contributed by atoms with E-state index < -0.39 is 10.1 Å². The molecule has 0 spiro atoms. The number of ether oxygens (including phenoxy) is 1. The average Bonchev–Trinajstić information content (AvgIpc) is 2.47. The van der Waals surface area contributed by atoms with Crippen molar-refractivity contribution >= 4 is 10.1 Å². The van der Waals surface area contributed by atoms with Crippen LogP contribution in [-0.4, -0.2) is 38.4 Å². The molecular weight excluding hydrogens is 326 g/mol. The van der Waals surface area contributed by atoms with Gasteiger partial charge < -0.3 is 10.1 Å². The van der Waals surface area contributed by atoms with Crippen molar-refractivity contribution in [1.29, 1.82) is 0 Å². The molecule has 1 aromatic rings. The summed E-state index contributed by atoms with van der Waals surface area (Å²) in [5, 5.41) is 3.35. The lowest BCUT2D eigenvalue weighted by molar-refractivity contribution is 0.414. The summed E-state index contributed by atoms with van der Waals surface area (Å²) in [7, 11) is -2.26. The second-order valence-electron chi connectivity index (χ2n) is 6.98. The summed E-state index contributed by atoms with van der Waals surface area (Å²) in [5.74, 6) is 0.597. The fourth-order valence-electron chi connectivity index (χ4n) is 2.17. The molecule has 0 saturated carbocycles. The molecule has 0 aromatic heterocycles. The monoisotopic (exact) mass is 355 g/mol. The highest BCUT2D eigenvalue weighted by Crippen LogP contribution is 2.17. The van der Waals surface area contributed by atoms with Crippen LogP contribution in [0.5, 0.6) is 5.75 Å². The molecule has 6 heteroatoms. The summed E-state index contributed by atoms with van der Waals surface area (Å²) < 4.78 is 35.5. The third-order valence-corrected chi connectivity index (χ3v) is 4.23. The summed E-state index contributed by atoms with van der Waals surface area (Å²) in [6.07, 6.45) is 5.44. The van der Waals surface area contributed by atoms with Gasteiger partial charge >= 0.3 is 0 Å². The van der Waals surface area contributed by atoms with Crippen molar-refractivity contribution < 1.29 is 17.7 Å². The van der Waals surface area contributed by atoms with Gasteiger partial charge in [-0.15, -0.1) is 0 Å². The fourth-order valence-corrected chi connectivity index (χ4v) is 2.68. The minimum Gasteiger partial charge on any atom is -0.497 e. The van der Waals surface area contributed by atoms with Crippen molar-refractivity contribution in [2.75, 3.05) is 19.4 Å². The van der Waals surface area contributed by atoms with Gasteiger partial charge in [0.05, 0.1) is 12.9 Å². The maximum atomic E-state index is 10.8. The van der Waals surface area contributed by atoms with Crippen molar-refractivity contribution in [3.05, 3.63) is 42.0 Å². The molecule has 1 aromatic carbocycles. The zero-order valence-electron chi connectivity index (χ0n) is 15.0. The number of benzene rings is 1. The van der Waals surface area contributed by atoms with Crippen molar-refractivity contribution in [1.82, 2.24) is 5.32 Å². The summed E-state index contributed by atoms with van der Waals surface area (Å²) in [6, 6.07) is 8.00. The third-order valence-electron chi connectivity index (χ3n) is 3.43. The summed E-state index contributed by atoms with van der Waals surface area (Å²) in [5.41, 5.74) is 1.25. The third kappa shape index (κ3) is 9.70. The molecule has 0 fully saturated rings. The summed E-state index contributed by atoms with van der Waals surface area (Å²) >= 11 is 0. The first-order valence-corrected chi connectivity index (χ1v) is 9.71. The van der Waals surface area contributed by atoms with E-state index in [1.165, 1.54) is 5.56 Å². The van der Waals surface area contributed by atoms with E-state index in [2.05, 4.69) is 38.2 Å². The van der Waals surface area contributed by atoms with Gasteiger partial charge in [-0.05, 0) is 42.5 Å². The molecule has 24 heavy (non-hydrogen) atoms. The first-order chi connectivity index (χ1) is 11.1. The molecule has 0 saturated heterocycles. The number of hydrogen-bond donors (Lipinski definition) is 2. The van der Waals surface area contributed by atoms with Crippen LogP contribution in [0.1, 0.15) is 32.8 Å². The molecule has 0 aliphatic carbocycles. The normalized spacial score (nSPS) is 14.0. The predicted octanol–water partition coefficient (Wildman–Crippen LogP) is 3.08. The molecule has 0 bridgehead atoms. The zero-order chi connectivity index (χ0) is 18.2. The maximum Gasteiger partial charge on any atom is 0.264 e. The Balaban J connectivity index is 2.67. The van der Waals surface area contributed by atoms with Crippen molar-refractivity contribution in [3.63, 3.8) is 0 Å². The number of methoxy groups -OCH3 is 1. The van der Waals surface area contributed by atoms with E-state index >= 15 is 0 Å². The fraction of sp³-hybridized carbons (Fsp3) is 0.556. The Hall–Kier alpha value is -1.37. The highest BCUT2D eigenvalue weighted by atomic mass is 32.2. The van der Waals surface area contributed by atoms with E-state index in [0.29, 0.717) is 13.0 Å². The molecule has 0 radical (unpaired) electrons. The highest BCUT2D eigenvalue weighted by molar-refractivity contribution is 7.85. The van der Waals surface area contributed by atoms with Crippen molar-refractivity contribution in [2.45, 2.75) is 39.7 Å². The Kier molecular flexibility index (Phi) is 7.93. The molecule has 0 unspecified atom stereocenters. The zero-order valence-corrected chi connectivity index (χ0v) is 15.8. The maximum absolute atomic E-state index is 10.8. The van der Waals surface area contributed by atoms with E-state index in [0.717, 1.165) is 12.2 Å². The van der Waals surface area contributed by atoms with Gasteiger partial charge in [0.1, 0.15) is 5.75 Å². The lowest BCUT2D eigenvalue weighted by Crippen LogP contribution is -2.31. The van der Waals surface area contributed by atoms with Crippen LogP contribution < -0.4 is 10.1 Å². The molecule has 1 atom stereocenters. The Morgan fingerprint density at radius 1 is 1.25 bits per heavy atom. The van der Waals surface area contributed by atoms with Gasteiger partial charge in [-0.2, -0.15) is 8.42 Å². The SMILES string of the molecule is COc1ccc(C[C@@H](C=CC(C)(C)C)NCCCS(=O)(=O)O)cc1. The summed E-state index contributed by atoms with van der Waals surface area (Å²) in [6.45, 7) is 6.92. The highest BCUT2D eigenvalue weighted by Gasteiger charge is 2.10. The minimum atomic E-state index is -3.90. The van der Waals surface area contributed by atoms with Gasteiger partial charge in [-0.25, -0.2) is 0 Å². The smallest absolute Gasteiger partial charge is 0.264 e. The molecule has 0 heterocycles. The van der Waals surface area contributed by atoms with Crippen LogP contribution in [0.3, 0.4) is 0 Å². The van der Waals surface area contributed by atoms with Gasteiger partial charge in [0.2, 0.25) is 0 Å². The topological polar surface area (TPSA) is 75.6 Å². The molecule has 0 aliphatic heterocycles. The second-order valence-corrected chi connectivity index (χ2v) is 8.55. The van der Waals surface area contributed by atoms with Gasteiger partial charge in [0.25, 0.3) is 10.1 Å². The quantitative estimate of drug-likeness (QED) is 0.404. The Bertz CT molecular complexity index is 615. The first-order valence-electron chi connectivity index (χ1n) is 8.10. The van der Waals surface area contributed by atoms with E-state index in [4.69, 9.17) is 9.29 Å². The van der Waals surface area contributed by atoms with Crippen LogP contribution in [0.25, 0.3) is 0 Å². The molecule has 5 nitrogen and oxygen atoms in total. The van der Waals surface area contributed by atoms with E-state index in [1.54, 1.807) is 7.11 Å². The minimum absolute atomic E-state index is 0.0777. The first kappa shape index (κ1) is 20.7. The van der Waals surface area contributed by atoms with Crippen LogP contribution in [0, 0.1) is 5.41 Å². The average molecular weight is 356 g/mol. The second kappa shape index (κ2) is 9.20. The van der Waals surface area contributed by atoms with Crippen LogP contribution >= 0.6 is 0 Å². The largest absolute Gasteiger partial charge is 0.497 e. The van der Waals surface area contributed by atoms with Gasteiger partial charge in [-0.3, -0.25) is 4.55 Å². The van der Waals surface area contributed by atoms with Crippen LogP contribution in [0.4, 0.5) is 0 Å². The number of rotatable bonds is 9. The number of nitrogens with one attached hydrogen (secondary N) is 1. The van der Waals surface area contributed by atoms with Crippen LogP contribution in [0.15, 0.2) is 36.4 Å². The van der Waals surface area contributed by atoms with Gasteiger partial charge in [-0.1, -0.05) is 45.1 Å². The molecule has 0 aliphatic rings. The van der Waals surface area contributed by atoms with E-state index in [1.807, 2.05) is 24.3 Å². The van der Waals surface area contributed by atoms with Crippen molar-refractivity contribution in [2.24, 2.45) is 5.41 Å². The van der Waals surface area contributed by atoms with Gasteiger partial charge in [0, 0.05) is 6.04 Å². The molecule has 2 N–H and O–H groups in total. The van der Waals surface area contributed by atoms with Crippen LogP contribution in [0.2, 0.25) is 0 Å². The summed E-state index contributed by atoms with van der Waals surface area (Å²) in [4.78, 5) is 0. The number of allylic oxidation sites excluding steroid dienone is 1. The van der Waals surface area contributed by atoms with Crippen LogP contribution in [-0.2, 0) is 16.5 Å². The Morgan fingerprint density at radius 2 is 1.88 bits per heavy atom. The lowest BCUT2D eigenvalue weighted by atomic mass is 9.94. The standard InChI is InChI=1S/C18H29NO4S/c1-18(2,3)11-10-16(19-12-5-13-24(20,21)22)14-15-6-8-17(23-4)9-7-15/h6-11,16,19H,5,12-14H2,1-4H3,(H,20,21,22)/t16-/m1/s1. The molecule has 1 rings (SSSR count). The number of hydrogen-bond acceptors (Lipinski definition) is 4. The molecular formula is C18H29NO4S. The lowest BCUT2D eigenvalue weighted by Gasteiger charge is -2.18. The molecule has 0 amide bonds. The van der Waals surface area contributed by atoms with Gasteiger partial charge in [0.15, 0.2) is 0 Å². The predicted molar refractivity (Wildman–Crippen MR) is 98.1 cm³/mol. The van der Waals surface area contributed by atoms with E-state index in [-0.39, 0.29) is 17.2 Å². The molecule has 136 valence electrons.